The van der Waals surface area contributed by atoms with Crippen molar-refractivity contribution in [3.05, 3.63) is 82.6 Å². The predicted octanol–water partition coefficient (Wildman–Crippen LogP) is 4.86. The number of anilines is 1. The second-order valence-corrected chi connectivity index (χ2v) is 6.78. The Morgan fingerprint density at radius 1 is 1.07 bits per heavy atom. The van der Waals surface area contributed by atoms with Crippen LogP contribution in [0, 0.1) is 11.3 Å². The molecule has 0 unspecified atom stereocenters. The van der Waals surface area contributed by atoms with Crippen molar-refractivity contribution < 1.29 is 13.9 Å². The molecule has 1 aliphatic rings. The SMILES string of the molecule is N#Cc1c(NC(=O)c2ccc(OCc3ccccc3)cc2)oc2c1CCCC2. The van der Waals surface area contributed by atoms with E-state index < -0.39 is 0 Å². The van der Waals surface area contributed by atoms with Gasteiger partial charge in [0.15, 0.2) is 0 Å². The maximum Gasteiger partial charge on any atom is 0.258 e. The number of aryl methyl sites for hydroxylation is 1. The van der Waals surface area contributed by atoms with E-state index in [4.69, 9.17) is 9.15 Å². The Kier molecular flexibility index (Phi) is 5.11. The third-order valence-electron chi connectivity index (χ3n) is 4.88. The summed E-state index contributed by atoms with van der Waals surface area (Å²) in [5.74, 6) is 1.45. The van der Waals surface area contributed by atoms with Crippen LogP contribution in [0.4, 0.5) is 5.88 Å². The maximum absolute atomic E-state index is 12.6. The van der Waals surface area contributed by atoms with Crippen LogP contribution in [0.15, 0.2) is 59.0 Å². The van der Waals surface area contributed by atoms with Gasteiger partial charge in [0.1, 0.15) is 29.7 Å². The van der Waals surface area contributed by atoms with Crippen LogP contribution in [-0.2, 0) is 19.4 Å². The van der Waals surface area contributed by atoms with Crippen LogP contribution in [0.3, 0.4) is 0 Å². The zero-order chi connectivity index (χ0) is 19.3. The summed E-state index contributed by atoms with van der Waals surface area (Å²) >= 11 is 0. The molecule has 1 aliphatic carbocycles. The Morgan fingerprint density at radius 2 is 1.82 bits per heavy atom. The minimum Gasteiger partial charge on any atom is -0.489 e. The summed E-state index contributed by atoms with van der Waals surface area (Å²) < 4.78 is 11.5. The second-order valence-electron chi connectivity index (χ2n) is 6.78. The Hall–Kier alpha value is -3.52. The molecule has 0 aliphatic heterocycles. The normalized spacial score (nSPS) is 12.7. The molecule has 0 spiro atoms. The number of furan rings is 1. The highest BCUT2D eigenvalue weighted by Gasteiger charge is 2.24. The van der Waals surface area contributed by atoms with Gasteiger partial charge >= 0.3 is 0 Å². The molecular formula is C23H20N2O3. The molecule has 0 fully saturated rings. The summed E-state index contributed by atoms with van der Waals surface area (Å²) in [7, 11) is 0. The molecule has 140 valence electrons. The van der Waals surface area contributed by atoms with E-state index in [1.807, 2.05) is 30.3 Å². The number of nitriles is 1. The van der Waals surface area contributed by atoms with Crippen LogP contribution in [0.5, 0.6) is 5.75 Å². The lowest BCUT2D eigenvalue weighted by atomic mass is 9.96. The van der Waals surface area contributed by atoms with Crippen molar-refractivity contribution in [2.45, 2.75) is 32.3 Å². The van der Waals surface area contributed by atoms with Crippen molar-refractivity contribution in [1.29, 1.82) is 5.26 Å². The van der Waals surface area contributed by atoms with Gasteiger partial charge in [-0.05, 0) is 49.1 Å². The van der Waals surface area contributed by atoms with Gasteiger partial charge in [-0.3, -0.25) is 10.1 Å². The molecule has 0 atom stereocenters. The number of carbonyl (C=O) groups is 1. The van der Waals surface area contributed by atoms with Gasteiger partial charge in [-0.25, -0.2) is 0 Å². The number of hydrogen-bond donors (Lipinski definition) is 1. The van der Waals surface area contributed by atoms with Crippen molar-refractivity contribution in [2.24, 2.45) is 0 Å². The van der Waals surface area contributed by atoms with Gasteiger partial charge in [-0.1, -0.05) is 30.3 Å². The molecule has 28 heavy (non-hydrogen) atoms. The Morgan fingerprint density at radius 3 is 2.57 bits per heavy atom. The predicted molar refractivity (Wildman–Crippen MR) is 105 cm³/mol. The molecule has 0 bridgehead atoms. The molecule has 5 nitrogen and oxygen atoms in total. The van der Waals surface area contributed by atoms with Crippen molar-refractivity contribution in [3.63, 3.8) is 0 Å². The van der Waals surface area contributed by atoms with Gasteiger partial charge in [-0.2, -0.15) is 5.26 Å². The van der Waals surface area contributed by atoms with Crippen LogP contribution >= 0.6 is 0 Å². The van der Waals surface area contributed by atoms with Crippen LogP contribution in [0.1, 0.15) is 45.7 Å². The first-order valence-corrected chi connectivity index (χ1v) is 9.37. The van der Waals surface area contributed by atoms with E-state index >= 15 is 0 Å². The number of nitrogens with one attached hydrogen (secondary N) is 1. The second kappa shape index (κ2) is 8.01. The molecule has 0 saturated carbocycles. The van der Waals surface area contributed by atoms with Crippen molar-refractivity contribution in [3.8, 4) is 11.8 Å². The average Bonchev–Trinajstić information content (AvgIpc) is 3.10. The number of ether oxygens (including phenoxy) is 1. The van der Waals surface area contributed by atoms with E-state index in [-0.39, 0.29) is 11.8 Å². The highest BCUT2D eigenvalue weighted by Crippen LogP contribution is 2.32. The molecule has 1 amide bonds. The third kappa shape index (κ3) is 3.77. The highest BCUT2D eigenvalue weighted by molar-refractivity contribution is 6.04. The number of amides is 1. The van der Waals surface area contributed by atoms with Crippen LogP contribution in [0.2, 0.25) is 0 Å². The molecule has 5 heteroatoms. The van der Waals surface area contributed by atoms with Gasteiger partial charge in [0, 0.05) is 17.5 Å². The standard InChI is InChI=1S/C23H20N2O3/c24-14-20-19-8-4-5-9-21(19)28-23(20)25-22(26)17-10-12-18(13-11-17)27-15-16-6-2-1-3-7-16/h1-3,6-7,10-13H,4-5,8-9,15H2,(H,25,26). The summed E-state index contributed by atoms with van der Waals surface area (Å²) in [5.41, 5.74) is 2.94. The molecule has 3 aromatic rings. The number of nitrogens with zero attached hydrogens (tertiary/aromatic N) is 1. The molecule has 1 N–H and O–H groups in total. The smallest absolute Gasteiger partial charge is 0.258 e. The number of rotatable bonds is 5. The average molecular weight is 372 g/mol. The maximum atomic E-state index is 12.6. The van der Waals surface area contributed by atoms with E-state index in [2.05, 4.69) is 11.4 Å². The fourth-order valence-corrected chi connectivity index (χ4v) is 3.39. The molecule has 2 aromatic carbocycles. The fourth-order valence-electron chi connectivity index (χ4n) is 3.39. The number of carbonyl (C=O) groups excluding carboxylic acids is 1. The zero-order valence-electron chi connectivity index (χ0n) is 15.4. The third-order valence-corrected chi connectivity index (χ3v) is 4.88. The summed E-state index contributed by atoms with van der Waals surface area (Å²) in [6, 6.07) is 19.0. The lowest BCUT2D eigenvalue weighted by Crippen LogP contribution is -2.12. The number of hydrogen-bond acceptors (Lipinski definition) is 4. The first kappa shape index (κ1) is 17.9. The summed E-state index contributed by atoms with van der Waals surface area (Å²) in [6.07, 6.45) is 3.72. The minimum atomic E-state index is -0.308. The minimum absolute atomic E-state index is 0.254. The van der Waals surface area contributed by atoms with Gasteiger partial charge < -0.3 is 9.15 Å². The van der Waals surface area contributed by atoms with Crippen molar-refractivity contribution in [1.82, 2.24) is 0 Å². The lowest BCUT2D eigenvalue weighted by molar-refractivity contribution is 0.102. The molecule has 1 heterocycles. The van der Waals surface area contributed by atoms with E-state index in [1.54, 1.807) is 24.3 Å². The van der Waals surface area contributed by atoms with E-state index in [9.17, 15) is 10.1 Å². The molecule has 0 saturated heterocycles. The molecule has 1 aromatic heterocycles. The number of benzene rings is 2. The molecular weight excluding hydrogens is 352 g/mol. The quantitative estimate of drug-likeness (QED) is 0.694. The van der Waals surface area contributed by atoms with Gasteiger partial charge in [0.25, 0.3) is 5.91 Å². The van der Waals surface area contributed by atoms with Crippen LogP contribution in [0.25, 0.3) is 0 Å². The zero-order valence-corrected chi connectivity index (χ0v) is 15.4. The van der Waals surface area contributed by atoms with Crippen LogP contribution in [-0.4, -0.2) is 5.91 Å². The monoisotopic (exact) mass is 372 g/mol. The lowest BCUT2D eigenvalue weighted by Gasteiger charge is -2.07. The van der Waals surface area contributed by atoms with Crippen molar-refractivity contribution >= 4 is 11.8 Å². The van der Waals surface area contributed by atoms with Gasteiger partial charge in [-0.15, -0.1) is 0 Å². The van der Waals surface area contributed by atoms with Crippen LogP contribution < -0.4 is 10.1 Å². The topological polar surface area (TPSA) is 75.3 Å². The van der Waals surface area contributed by atoms with E-state index in [1.165, 1.54) is 0 Å². The number of fused-ring (bicyclic) bond motifs is 1. The largest absolute Gasteiger partial charge is 0.489 e. The summed E-state index contributed by atoms with van der Waals surface area (Å²) in [4.78, 5) is 12.6. The Bertz CT molecular complexity index is 1010. The summed E-state index contributed by atoms with van der Waals surface area (Å²) in [5, 5.41) is 12.2. The van der Waals surface area contributed by atoms with E-state index in [0.29, 0.717) is 23.5 Å². The highest BCUT2D eigenvalue weighted by atomic mass is 16.5. The first-order chi connectivity index (χ1) is 13.7. The summed E-state index contributed by atoms with van der Waals surface area (Å²) in [6.45, 7) is 0.468. The Balaban J connectivity index is 1.43. The van der Waals surface area contributed by atoms with Gasteiger partial charge in [0.05, 0.1) is 0 Å². The fraction of sp³-hybridized carbons (Fsp3) is 0.217. The molecule has 4 rings (SSSR count). The van der Waals surface area contributed by atoms with E-state index in [0.717, 1.165) is 42.6 Å². The van der Waals surface area contributed by atoms with Gasteiger partial charge in [0.2, 0.25) is 5.88 Å². The molecule has 0 radical (unpaired) electrons. The first-order valence-electron chi connectivity index (χ1n) is 9.37. The van der Waals surface area contributed by atoms with Crippen molar-refractivity contribution in [2.75, 3.05) is 5.32 Å². The Labute approximate surface area is 163 Å².